The highest BCUT2D eigenvalue weighted by molar-refractivity contribution is 5.85. The maximum absolute atomic E-state index is 11.7. The molecule has 1 aliphatic carbocycles. The van der Waals surface area contributed by atoms with E-state index in [1.54, 1.807) is 0 Å². The highest BCUT2D eigenvalue weighted by Gasteiger charge is 2.33. The van der Waals surface area contributed by atoms with Crippen LogP contribution in [0.2, 0.25) is 0 Å². The SMILES string of the molecule is CN1CCC(NC(=O)C2CC(N)C2)CC1.Cl.Cl. The fourth-order valence-electron chi connectivity index (χ4n) is 2.35. The van der Waals surface area contributed by atoms with Gasteiger partial charge in [0, 0.05) is 18.0 Å². The molecule has 2 rings (SSSR count). The first kappa shape index (κ1) is 17.0. The summed E-state index contributed by atoms with van der Waals surface area (Å²) in [7, 11) is 2.13. The minimum Gasteiger partial charge on any atom is -0.353 e. The monoisotopic (exact) mass is 283 g/mol. The Balaban J connectivity index is 0.00000128. The average Bonchev–Trinajstić information content (AvgIpc) is 2.17. The number of nitrogens with two attached hydrogens (primary N) is 1. The lowest BCUT2D eigenvalue weighted by atomic mass is 9.80. The van der Waals surface area contributed by atoms with E-state index in [4.69, 9.17) is 5.73 Å². The van der Waals surface area contributed by atoms with Gasteiger partial charge in [0.1, 0.15) is 0 Å². The molecule has 0 aromatic heterocycles. The lowest BCUT2D eigenvalue weighted by Gasteiger charge is -2.34. The Morgan fingerprint density at radius 3 is 2.24 bits per heavy atom. The highest BCUT2D eigenvalue weighted by atomic mass is 35.5. The quantitative estimate of drug-likeness (QED) is 0.788. The van der Waals surface area contributed by atoms with Crippen molar-refractivity contribution in [3.05, 3.63) is 0 Å². The number of halogens is 2. The number of hydrogen-bond donors (Lipinski definition) is 2. The molecule has 0 unspecified atom stereocenters. The molecular formula is C11H23Cl2N3O. The zero-order valence-electron chi connectivity index (χ0n) is 10.2. The minimum atomic E-state index is 0. The molecule has 17 heavy (non-hydrogen) atoms. The van der Waals surface area contributed by atoms with Crippen molar-refractivity contribution in [3.63, 3.8) is 0 Å². The second kappa shape index (κ2) is 7.41. The van der Waals surface area contributed by atoms with Crippen molar-refractivity contribution < 1.29 is 4.79 Å². The zero-order valence-corrected chi connectivity index (χ0v) is 11.9. The van der Waals surface area contributed by atoms with Crippen LogP contribution < -0.4 is 11.1 Å². The summed E-state index contributed by atoms with van der Waals surface area (Å²) >= 11 is 0. The summed E-state index contributed by atoms with van der Waals surface area (Å²) in [5.74, 6) is 0.422. The lowest BCUT2D eigenvalue weighted by molar-refractivity contribution is -0.128. The van der Waals surface area contributed by atoms with Crippen LogP contribution in [0.1, 0.15) is 25.7 Å². The van der Waals surface area contributed by atoms with Gasteiger partial charge in [0.25, 0.3) is 0 Å². The van der Waals surface area contributed by atoms with Crippen LogP contribution in [0.25, 0.3) is 0 Å². The fraction of sp³-hybridized carbons (Fsp3) is 0.909. The Kier molecular flexibility index (Phi) is 7.40. The molecule has 0 radical (unpaired) electrons. The Morgan fingerprint density at radius 2 is 1.76 bits per heavy atom. The van der Waals surface area contributed by atoms with Gasteiger partial charge < -0.3 is 16.0 Å². The first-order valence-corrected chi connectivity index (χ1v) is 5.89. The molecule has 1 heterocycles. The van der Waals surface area contributed by atoms with Gasteiger partial charge in [-0.05, 0) is 45.8 Å². The van der Waals surface area contributed by atoms with E-state index >= 15 is 0 Å². The molecule has 1 saturated carbocycles. The molecule has 3 N–H and O–H groups in total. The van der Waals surface area contributed by atoms with Gasteiger partial charge in [0.2, 0.25) is 5.91 Å². The molecule has 4 nitrogen and oxygen atoms in total. The fourth-order valence-corrected chi connectivity index (χ4v) is 2.35. The molecule has 1 amide bonds. The van der Waals surface area contributed by atoms with Gasteiger partial charge in [-0.3, -0.25) is 4.79 Å². The van der Waals surface area contributed by atoms with E-state index in [2.05, 4.69) is 17.3 Å². The smallest absolute Gasteiger partial charge is 0.223 e. The number of likely N-dealkylation sites (tertiary alicyclic amines) is 1. The molecule has 0 aromatic rings. The number of amides is 1. The molecule has 1 saturated heterocycles. The Labute approximate surface area is 115 Å². The topological polar surface area (TPSA) is 58.4 Å². The first-order valence-electron chi connectivity index (χ1n) is 5.89. The van der Waals surface area contributed by atoms with Crippen LogP contribution in [0, 0.1) is 5.92 Å². The number of carbonyl (C=O) groups is 1. The van der Waals surface area contributed by atoms with Crippen LogP contribution in [0.4, 0.5) is 0 Å². The third kappa shape index (κ3) is 4.62. The van der Waals surface area contributed by atoms with Crippen molar-refractivity contribution in [2.45, 2.75) is 37.8 Å². The second-order valence-electron chi connectivity index (χ2n) is 5.01. The van der Waals surface area contributed by atoms with Crippen LogP contribution in [-0.4, -0.2) is 43.0 Å². The van der Waals surface area contributed by atoms with Crippen molar-refractivity contribution >= 4 is 30.7 Å². The molecule has 2 aliphatic rings. The summed E-state index contributed by atoms with van der Waals surface area (Å²) in [6.45, 7) is 2.18. The predicted octanol–water partition coefficient (Wildman–Crippen LogP) is 0.778. The molecule has 0 aromatic carbocycles. The van der Waals surface area contributed by atoms with Crippen LogP contribution in [0.3, 0.4) is 0 Å². The van der Waals surface area contributed by atoms with Crippen molar-refractivity contribution in [3.8, 4) is 0 Å². The predicted molar refractivity (Wildman–Crippen MR) is 73.9 cm³/mol. The van der Waals surface area contributed by atoms with Gasteiger partial charge in [-0.15, -0.1) is 24.8 Å². The van der Waals surface area contributed by atoms with E-state index in [0.29, 0.717) is 6.04 Å². The molecule has 0 bridgehead atoms. The third-order valence-corrected chi connectivity index (χ3v) is 3.61. The van der Waals surface area contributed by atoms with E-state index in [0.717, 1.165) is 38.8 Å². The van der Waals surface area contributed by atoms with Crippen LogP contribution in [0.5, 0.6) is 0 Å². The summed E-state index contributed by atoms with van der Waals surface area (Å²) in [6.07, 6.45) is 3.92. The average molecular weight is 284 g/mol. The zero-order chi connectivity index (χ0) is 10.8. The molecule has 2 fully saturated rings. The summed E-state index contributed by atoms with van der Waals surface area (Å²) in [6, 6.07) is 0.656. The molecule has 0 spiro atoms. The third-order valence-electron chi connectivity index (χ3n) is 3.61. The molecule has 6 heteroatoms. The van der Waals surface area contributed by atoms with E-state index < -0.39 is 0 Å². The minimum absolute atomic E-state index is 0. The largest absolute Gasteiger partial charge is 0.353 e. The van der Waals surface area contributed by atoms with Crippen LogP contribution in [0.15, 0.2) is 0 Å². The standard InChI is InChI=1S/C11H21N3O.2ClH/c1-14-4-2-10(3-5-14)13-11(15)8-6-9(12)7-8;;/h8-10H,2-7,12H2,1H3,(H,13,15);2*1H. The summed E-state index contributed by atoms with van der Waals surface area (Å²) < 4.78 is 0. The summed E-state index contributed by atoms with van der Waals surface area (Å²) in [5, 5.41) is 3.14. The lowest BCUT2D eigenvalue weighted by Crippen LogP contribution is -2.50. The van der Waals surface area contributed by atoms with E-state index in [9.17, 15) is 4.79 Å². The number of rotatable bonds is 2. The van der Waals surface area contributed by atoms with E-state index in [1.165, 1.54) is 0 Å². The summed E-state index contributed by atoms with van der Waals surface area (Å²) in [5.41, 5.74) is 5.67. The second-order valence-corrected chi connectivity index (χ2v) is 5.01. The van der Waals surface area contributed by atoms with Gasteiger partial charge in [-0.25, -0.2) is 0 Å². The molecular weight excluding hydrogens is 261 g/mol. The molecule has 1 aliphatic heterocycles. The van der Waals surface area contributed by atoms with Gasteiger partial charge >= 0.3 is 0 Å². The highest BCUT2D eigenvalue weighted by Crippen LogP contribution is 2.26. The number of piperidine rings is 1. The van der Waals surface area contributed by atoms with Crippen LogP contribution >= 0.6 is 24.8 Å². The maximum Gasteiger partial charge on any atom is 0.223 e. The maximum atomic E-state index is 11.7. The van der Waals surface area contributed by atoms with Gasteiger partial charge in [0.05, 0.1) is 0 Å². The van der Waals surface area contributed by atoms with Gasteiger partial charge in [-0.1, -0.05) is 0 Å². The van der Waals surface area contributed by atoms with E-state index in [1.807, 2.05) is 0 Å². The Bertz CT molecular complexity index is 239. The Hall–Kier alpha value is -0.0300. The first-order chi connectivity index (χ1) is 7.15. The molecule has 102 valence electrons. The number of carbonyl (C=O) groups excluding carboxylic acids is 1. The Morgan fingerprint density at radius 1 is 1.24 bits per heavy atom. The number of nitrogens with zero attached hydrogens (tertiary/aromatic N) is 1. The van der Waals surface area contributed by atoms with Crippen molar-refractivity contribution in [2.24, 2.45) is 11.7 Å². The van der Waals surface area contributed by atoms with Gasteiger partial charge in [0.15, 0.2) is 0 Å². The van der Waals surface area contributed by atoms with Gasteiger partial charge in [-0.2, -0.15) is 0 Å². The van der Waals surface area contributed by atoms with Crippen molar-refractivity contribution in [1.82, 2.24) is 10.2 Å². The summed E-state index contributed by atoms with van der Waals surface area (Å²) in [4.78, 5) is 14.0. The van der Waals surface area contributed by atoms with Crippen molar-refractivity contribution in [2.75, 3.05) is 20.1 Å². The van der Waals surface area contributed by atoms with Crippen molar-refractivity contribution in [1.29, 1.82) is 0 Å². The normalized spacial score (nSPS) is 29.5. The molecule has 0 atom stereocenters. The van der Waals surface area contributed by atoms with Crippen LogP contribution in [-0.2, 0) is 4.79 Å². The van der Waals surface area contributed by atoms with E-state index in [-0.39, 0.29) is 42.7 Å². The number of nitrogens with one attached hydrogen (secondary N) is 1. The number of hydrogen-bond acceptors (Lipinski definition) is 3.